The topological polar surface area (TPSA) is 32.3 Å². The monoisotopic (exact) mass is 247 g/mol. The zero-order valence-electron chi connectivity index (χ0n) is 9.16. The second kappa shape index (κ2) is 6.48. The van der Waals surface area contributed by atoms with Crippen molar-refractivity contribution in [3.8, 4) is 0 Å². The van der Waals surface area contributed by atoms with Crippen molar-refractivity contribution in [1.29, 1.82) is 0 Å². The van der Waals surface area contributed by atoms with Crippen LogP contribution < -0.4 is 5.32 Å². The molecule has 2 N–H and O–H groups in total. The van der Waals surface area contributed by atoms with E-state index in [1.165, 1.54) is 4.88 Å². The summed E-state index contributed by atoms with van der Waals surface area (Å²) in [7, 11) is 0. The van der Waals surface area contributed by atoms with Gasteiger partial charge >= 0.3 is 0 Å². The molecule has 86 valence electrons. The van der Waals surface area contributed by atoms with Gasteiger partial charge in [0.25, 0.3) is 0 Å². The van der Waals surface area contributed by atoms with Gasteiger partial charge in [0, 0.05) is 23.6 Å². The van der Waals surface area contributed by atoms with Crippen LogP contribution in [0.1, 0.15) is 37.6 Å². The summed E-state index contributed by atoms with van der Waals surface area (Å²) in [5.74, 6) is 0. The lowest BCUT2D eigenvalue weighted by Gasteiger charge is -2.20. The van der Waals surface area contributed by atoms with E-state index in [2.05, 4.69) is 25.2 Å². The summed E-state index contributed by atoms with van der Waals surface area (Å²) in [4.78, 5) is 1.27. The number of hydrogen-bond acceptors (Lipinski definition) is 3. The van der Waals surface area contributed by atoms with Crippen LogP contribution in [0.4, 0.5) is 0 Å². The molecule has 2 nitrogen and oxygen atoms in total. The second-order valence-corrected chi connectivity index (χ2v) is 5.43. The van der Waals surface area contributed by atoms with Crippen LogP contribution in [0.3, 0.4) is 0 Å². The molecule has 0 fully saturated rings. The fourth-order valence-electron chi connectivity index (χ4n) is 1.54. The first-order valence-corrected chi connectivity index (χ1v) is 6.49. The third-order valence-electron chi connectivity index (χ3n) is 2.39. The molecule has 0 bridgehead atoms. The van der Waals surface area contributed by atoms with Crippen LogP contribution >= 0.6 is 22.9 Å². The minimum absolute atomic E-state index is 0.232. The van der Waals surface area contributed by atoms with Crippen molar-refractivity contribution in [2.24, 2.45) is 0 Å². The molecule has 1 rings (SSSR count). The van der Waals surface area contributed by atoms with E-state index in [9.17, 15) is 0 Å². The summed E-state index contributed by atoms with van der Waals surface area (Å²) in [6, 6.07) is 4.69. The van der Waals surface area contributed by atoms with Crippen molar-refractivity contribution in [1.82, 2.24) is 5.32 Å². The lowest BCUT2D eigenvalue weighted by atomic mass is 10.1. The van der Waals surface area contributed by atoms with Crippen LogP contribution in [0.15, 0.2) is 12.1 Å². The number of aliphatic hydroxyl groups excluding tert-OH is 1. The molecular formula is C11H18ClNOS. The Morgan fingerprint density at radius 1 is 1.53 bits per heavy atom. The molecule has 0 aliphatic heterocycles. The standard InChI is InChI=1S/C11H18ClNOS/c1-3-9(13-8(2)6-7-14)10-4-5-11(12)15-10/h4-5,8-9,13-14H,3,6-7H2,1-2H3/t8-,9?/m1/s1. The fourth-order valence-corrected chi connectivity index (χ4v) is 2.74. The van der Waals surface area contributed by atoms with Crippen molar-refractivity contribution in [2.75, 3.05) is 6.61 Å². The molecule has 2 atom stereocenters. The number of nitrogens with one attached hydrogen (secondary N) is 1. The van der Waals surface area contributed by atoms with E-state index in [1.54, 1.807) is 11.3 Å². The van der Waals surface area contributed by atoms with E-state index >= 15 is 0 Å². The van der Waals surface area contributed by atoms with Crippen molar-refractivity contribution in [3.05, 3.63) is 21.3 Å². The summed E-state index contributed by atoms with van der Waals surface area (Å²) in [6.45, 7) is 4.47. The number of hydrogen-bond donors (Lipinski definition) is 2. The van der Waals surface area contributed by atoms with Gasteiger partial charge in [0.2, 0.25) is 0 Å². The van der Waals surface area contributed by atoms with Gasteiger partial charge in [0.1, 0.15) is 0 Å². The van der Waals surface area contributed by atoms with Crippen LogP contribution in [0.5, 0.6) is 0 Å². The minimum atomic E-state index is 0.232. The summed E-state index contributed by atoms with van der Waals surface area (Å²) in [5.41, 5.74) is 0. The van der Waals surface area contributed by atoms with E-state index in [0.29, 0.717) is 12.1 Å². The molecule has 0 aromatic carbocycles. The predicted molar refractivity (Wildman–Crippen MR) is 66.7 cm³/mol. The van der Waals surface area contributed by atoms with Crippen molar-refractivity contribution in [3.63, 3.8) is 0 Å². The molecule has 1 unspecified atom stereocenters. The third kappa shape index (κ3) is 4.11. The fraction of sp³-hybridized carbons (Fsp3) is 0.636. The van der Waals surface area contributed by atoms with Gasteiger partial charge in [-0.25, -0.2) is 0 Å². The molecule has 15 heavy (non-hydrogen) atoms. The van der Waals surface area contributed by atoms with Crippen molar-refractivity contribution >= 4 is 22.9 Å². The Balaban J connectivity index is 2.56. The first-order valence-electron chi connectivity index (χ1n) is 5.29. The van der Waals surface area contributed by atoms with Gasteiger partial charge in [-0.05, 0) is 31.9 Å². The molecule has 1 aromatic heterocycles. The number of halogens is 1. The molecule has 4 heteroatoms. The number of rotatable bonds is 6. The van der Waals surface area contributed by atoms with E-state index in [4.69, 9.17) is 16.7 Å². The minimum Gasteiger partial charge on any atom is -0.396 e. The van der Waals surface area contributed by atoms with E-state index in [-0.39, 0.29) is 6.61 Å². The van der Waals surface area contributed by atoms with Gasteiger partial charge in [-0.3, -0.25) is 0 Å². The Hall–Kier alpha value is -0.0900. The van der Waals surface area contributed by atoms with Crippen LogP contribution in [0, 0.1) is 0 Å². The third-order valence-corrected chi connectivity index (χ3v) is 3.74. The average Bonchev–Trinajstić information content (AvgIpc) is 2.61. The highest BCUT2D eigenvalue weighted by molar-refractivity contribution is 7.16. The van der Waals surface area contributed by atoms with E-state index in [1.807, 2.05) is 6.07 Å². The molecule has 0 radical (unpaired) electrons. The molecule has 0 aliphatic carbocycles. The largest absolute Gasteiger partial charge is 0.396 e. The van der Waals surface area contributed by atoms with Gasteiger partial charge in [-0.15, -0.1) is 11.3 Å². The maximum absolute atomic E-state index is 8.84. The Labute approximate surface area is 100 Å². The molecule has 1 heterocycles. The lowest BCUT2D eigenvalue weighted by Crippen LogP contribution is -2.30. The molecule has 0 aliphatic rings. The smallest absolute Gasteiger partial charge is 0.0931 e. The van der Waals surface area contributed by atoms with Gasteiger partial charge in [-0.1, -0.05) is 18.5 Å². The van der Waals surface area contributed by atoms with E-state index < -0.39 is 0 Å². The normalized spacial score (nSPS) is 15.2. The predicted octanol–water partition coefficient (Wildman–Crippen LogP) is 3.21. The number of aliphatic hydroxyl groups is 1. The van der Waals surface area contributed by atoms with E-state index in [0.717, 1.165) is 17.2 Å². The van der Waals surface area contributed by atoms with Crippen LogP contribution in [0.25, 0.3) is 0 Å². The summed E-state index contributed by atoms with van der Waals surface area (Å²) < 4.78 is 0.833. The highest BCUT2D eigenvalue weighted by atomic mass is 35.5. The van der Waals surface area contributed by atoms with Gasteiger partial charge in [-0.2, -0.15) is 0 Å². The molecule has 0 spiro atoms. The zero-order valence-corrected chi connectivity index (χ0v) is 10.7. The van der Waals surface area contributed by atoms with Crippen molar-refractivity contribution < 1.29 is 5.11 Å². The molecule has 0 saturated heterocycles. The molecule has 0 saturated carbocycles. The molecule has 0 amide bonds. The summed E-state index contributed by atoms with van der Waals surface area (Å²) >= 11 is 7.53. The Kier molecular flexibility index (Phi) is 5.61. The van der Waals surface area contributed by atoms with Crippen LogP contribution in [-0.4, -0.2) is 17.8 Å². The van der Waals surface area contributed by atoms with Crippen LogP contribution in [0.2, 0.25) is 4.34 Å². The highest BCUT2D eigenvalue weighted by Crippen LogP contribution is 2.28. The van der Waals surface area contributed by atoms with Gasteiger partial charge in [0.05, 0.1) is 4.34 Å². The van der Waals surface area contributed by atoms with Gasteiger partial charge in [0.15, 0.2) is 0 Å². The second-order valence-electron chi connectivity index (χ2n) is 3.68. The summed E-state index contributed by atoms with van der Waals surface area (Å²) in [5, 5.41) is 12.3. The average molecular weight is 248 g/mol. The van der Waals surface area contributed by atoms with Crippen molar-refractivity contribution in [2.45, 2.75) is 38.8 Å². The Bertz CT molecular complexity index is 290. The van der Waals surface area contributed by atoms with Gasteiger partial charge < -0.3 is 10.4 Å². The SMILES string of the molecule is CCC(N[C@H](C)CCO)c1ccc(Cl)s1. The maximum atomic E-state index is 8.84. The maximum Gasteiger partial charge on any atom is 0.0931 e. The number of thiophene rings is 1. The quantitative estimate of drug-likeness (QED) is 0.809. The first-order chi connectivity index (χ1) is 7.17. The molecule has 1 aromatic rings. The summed E-state index contributed by atoms with van der Waals surface area (Å²) in [6.07, 6.45) is 1.82. The zero-order chi connectivity index (χ0) is 11.3. The highest BCUT2D eigenvalue weighted by Gasteiger charge is 2.13. The Morgan fingerprint density at radius 2 is 2.27 bits per heavy atom. The van der Waals surface area contributed by atoms with Crippen LogP contribution in [-0.2, 0) is 0 Å². The first kappa shape index (κ1) is 13.0. The Morgan fingerprint density at radius 3 is 2.73 bits per heavy atom. The lowest BCUT2D eigenvalue weighted by molar-refractivity contribution is 0.262. The molecular weight excluding hydrogens is 230 g/mol.